The van der Waals surface area contributed by atoms with Crippen molar-refractivity contribution in [3.05, 3.63) is 0 Å². The summed E-state index contributed by atoms with van der Waals surface area (Å²) in [6.45, 7) is 8.50. The minimum absolute atomic E-state index is 0. The molecule has 0 bridgehead atoms. The molecule has 106 valence electrons. The molecule has 0 aromatic heterocycles. The molecule has 0 saturated carbocycles. The summed E-state index contributed by atoms with van der Waals surface area (Å²) in [7, 11) is 0. The zero-order valence-electron chi connectivity index (χ0n) is 7.22. The molecule has 0 fully saturated rings. The van der Waals surface area contributed by atoms with Gasteiger partial charge in [0.2, 0.25) is 0 Å². The van der Waals surface area contributed by atoms with E-state index in [1.165, 1.54) is 12.8 Å². The first-order valence-electron chi connectivity index (χ1n) is 2.83. The molecule has 12 heavy (non-hydrogen) atoms. The van der Waals surface area contributed by atoms with E-state index in [1.807, 2.05) is 0 Å². The molecule has 0 heterocycles. The summed E-state index contributed by atoms with van der Waals surface area (Å²) in [6, 6.07) is 0. The van der Waals surface area contributed by atoms with Gasteiger partial charge in [0.1, 0.15) is 0 Å². The van der Waals surface area contributed by atoms with Gasteiger partial charge in [-0.15, -0.1) is 0 Å². The molecule has 0 aromatic carbocycles. The van der Waals surface area contributed by atoms with E-state index in [1.54, 1.807) is 0 Å². The van der Waals surface area contributed by atoms with Crippen LogP contribution in [0.2, 0.25) is 0 Å². The number of hydrogen-bond donors (Lipinski definition) is 0. The van der Waals surface area contributed by atoms with Crippen LogP contribution in [0.25, 0.3) is 0 Å². The molecule has 0 N–H and O–H groups in total. The van der Waals surface area contributed by atoms with Gasteiger partial charge in [-0.3, -0.25) is 0 Å². The van der Waals surface area contributed by atoms with Gasteiger partial charge in [0.15, 0.2) is 0 Å². The van der Waals surface area contributed by atoms with Gasteiger partial charge in [0.25, 0.3) is 0 Å². The van der Waals surface area contributed by atoms with E-state index in [0.29, 0.717) is 0 Å². The first-order valence-corrected chi connectivity index (χ1v) is 2.83. The van der Waals surface area contributed by atoms with Crippen LogP contribution in [0, 0.1) is 0 Å². The van der Waals surface area contributed by atoms with Crippen molar-refractivity contribution < 1.29 is 134 Å². The van der Waals surface area contributed by atoms with E-state index >= 15 is 0 Å². The molecule has 0 nitrogen and oxygen atoms in total. The van der Waals surface area contributed by atoms with Crippen LogP contribution < -0.4 is 0 Å². The average Bonchev–Trinajstić information content (AvgIpc) is 1.39. The van der Waals surface area contributed by atoms with Crippen molar-refractivity contribution >= 4 is 0 Å². The quantitative estimate of drug-likeness (QED) is 0.337. The predicted molar refractivity (Wildman–Crippen MR) is 31.9 cm³/mol. The van der Waals surface area contributed by atoms with E-state index < -0.39 is 0 Å². The zero-order valence-corrected chi connectivity index (χ0v) is 16.1. The molecular weight excluding hydrogens is 719 g/mol. The van der Waals surface area contributed by atoms with Crippen LogP contribution in [0.1, 0.15) is 40.5 Å². The number of rotatable bonds is 0. The first kappa shape index (κ1) is 55.0. The molecule has 0 aliphatic heterocycles. The fourth-order valence-corrected chi connectivity index (χ4v) is 0. The fourth-order valence-electron chi connectivity index (χ4n) is 0. The molecule has 0 atom stereocenters. The maximum absolute atomic E-state index is 2.12. The predicted octanol–water partition coefficient (Wildman–Crippen LogP) is 2.82. The summed E-state index contributed by atoms with van der Waals surface area (Å²) in [5, 5.41) is 0. The van der Waals surface area contributed by atoms with Crippen LogP contribution in [-0.4, -0.2) is 0 Å². The molecule has 0 aromatic rings. The van der Waals surface area contributed by atoms with Crippen molar-refractivity contribution in [1.29, 1.82) is 0 Å². The van der Waals surface area contributed by atoms with Crippen molar-refractivity contribution in [2.24, 2.45) is 0 Å². The van der Waals surface area contributed by atoms with Crippen LogP contribution in [0.4, 0.5) is 0 Å². The van der Waals surface area contributed by atoms with Gasteiger partial charge >= 0.3 is 0 Å². The Labute approximate surface area is 171 Å². The summed E-state index contributed by atoms with van der Waals surface area (Å²) in [6.07, 6.45) is 2.50. The van der Waals surface area contributed by atoms with Gasteiger partial charge < -0.3 is 0 Å². The molecule has 6 radical (unpaired) electrons. The standard InChI is InChI=1S/2C3H8.6Ag/c2*1-3-2;;;;;;/h2*3H2,1-2H3;;;;;;. The smallest absolute Gasteiger partial charge is 0 e. The second-order valence-corrected chi connectivity index (χ2v) is 1.41. The third-order valence-electron chi connectivity index (χ3n) is 0. The monoisotopic (exact) mass is 730 g/mol. The average molecular weight is 735 g/mol. The van der Waals surface area contributed by atoms with Gasteiger partial charge in [-0.25, -0.2) is 0 Å². The Bertz CT molecular complexity index is 14.0. The van der Waals surface area contributed by atoms with Crippen LogP contribution in [0.15, 0.2) is 0 Å². The van der Waals surface area contributed by atoms with Crippen molar-refractivity contribution in [3.63, 3.8) is 0 Å². The van der Waals surface area contributed by atoms with Crippen molar-refractivity contribution in [3.8, 4) is 0 Å². The van der Waals surface area contributed by atoms with Gasteiger partial charge in [-0.2, -0.15) is 0 Å². The maximum atomic E-state index is 2.12. The SMILES string of the molecule is CCC.CCC.[Ag].[Ag].[Ag].[Ag].[Ag].[Ag]. The van der Waals surface area contributed by atoms with E-state index in [9.17, 15) is 0 Å². The number of hydrogen-bond acceptors (Lipinski definition) is 0. The minimum atomic E-state index is 0. The Morgan fingerprint density at radius 3 is 0.417 bits per heavy atom. The Morgan fingerprint density at radius 1 is 0.417 bits per heavy atom. The molecule has 0 aliphatic rings. The molecule has 0 spiro atoms. The molecule has 0 rings (SSSR count). The van der Waals surface area contributed by atoms with Crippen LogP contribution in [0.5, 0.6) is 0 Å². The Balaban J connectivity index is -0.00000000296. The van der Waals surface area contributed by atoms with Crippen LogP contribution in [0.3, 0.4) is 0 Å². The fraction of sp³-hybridized carbons (Fsp3) is 1.00. The zero-order chi connectivity index (χ0) is 5.41. The molecule has 0 aliphatic carbocycles. The maximum Gasteiger partial charge on any atom is 0 e. The molecule has 0 amide bonds. The summed E-state index contributed by atoms with van der Waals surface area (Å²) in [4.78, 5) is 0. The van der Waals surface area contributed by atoms with Gasteiger partial charge in [0.05, 0.1) is 0 Å². The summed E-state index contributed by atoms with van der Waals surface area (Å²) < 4.78 is 0. The Hall–Kier alpha value is 4.44. The van der Waals surface area contributed by atoms with Crippen molar-refractivity contribution in [1.82, 2.24) is 0 Å². The third-order valence-corrected chi connectivity index (χ3v) is 0. The van der Waals surface area contributed by atoms with Crippen molar-refractivity contribution in [2.45, 2.75) is 40.5 Å². The summed E-state index contributed by atoms with van der Waals surface area (Å²) in [5.74, 6) is 0. The molecule has 0 saturated heterocycles. The largest absolute Gasteiger partial charge is 0.0656 e. The van der Waals surface area contributed by atoms with E-state index in [0.717, 1.165) is 0 Å². The topological polar surface area (TPSA) is 0 Å². The third kappa shape index (κ3) is 132. The summed E-state index contributed by atoms with van der Waals surface area (Å²) >= 11 is 0. The van der Waals surface area contributed by atoms with Crippen molar-refractivity contribution in [2.75, 3.05) is 0 Å². The second kappa shape index (κ2) is 77.6. The van der Waals surface area contributed by atoms with E-state index in [4.69, 9.17) is 0 Å². The summed E-state index contributed by atoms with van der Waals surface area (Å²) in [5.41, 5.74) is 0. The van der Waals surface area contributed by atoms with E-state index in [2.05, 4.69) is 27.7 Å². The Morgan fingerprint density at radius 2 is 0.417 bits per heavy atom. The van der Waals surface area contributed by atoms with Gasteiger partial charge in [-0.05, 0) is 0 Å². The molecular formula is C6H16Ag6. The first-order chi connectivity index (χ1) is 2.83. The molecule has 0 unspecified atom stereocenters. The van der Waals surface area contributed by atoms with Crippen LogP contribution in [-0.2, 0) is 134 Å². The van der Waals surface area contributed by atoms with Gasteiger partial charge in [0, 0.05) is 134 Å². The minimum Gasteiger partial charge on any atom is -0.0656 e. The molecule has 6 heteroatoms. The van der Waals surface area contributed by atoms with E-state index in [-0.39, 0.29) is 134 Å². The normalized spacial score (nSPS) is 3.00. The van der Waals surface area contributed by atoms with Gasteiger partial charge in [-0.1, -0.05) is 40.5 Å². The second-order valence-electron chi connectivity index (χ2n) is 1.41. The van der Waals surface area contributed by atoms with Crippen LogP contribution >= 0.6 is 0 Å². The Kier molecular flexibility index (Phi) is 356.